The number of nitrogens with zero attached hydrogens (tertiary/aromatic N) is 5. The van der Waals surface area contributed by atoms with Gasteiger partial charge >= 0.3 is 0 Å². The summed E-state index contributed by atoms with van der Waals surface area (Å²) in [5, 5.41) is 6.98. The Kier molecular flexibility index (Phi) is 7.80. The quantitative estimate of drug-likeness (QED) is 0.168. The summed E-state index contributed by atoms with van der Waals surface area (Å²) in [6.07, 6.45) is 3.69. The maximum Gasteiger partial charge on any atom is 0.160 e. The van der Waals surface area contributed by atoms with Crippen LogP contribution in [-0.4, -0.2) is 24.1 Å². The predicted octanol–water partition coefficient (Wildman–Crippen LogP) is 14.6. The van der Waals surface area contributed by atoms with Crippen LogP contribution in [-0.2, 0) is 0 Å². The lowest BCUT2D eigenvalue weighted by Crippen LogP contribution is -2.01. The Morgan fingerprint density at radius 1 is 0.333 bits per heavy atom. The fourth-order valence-corrected chi connectivity index (χ4v) is 9.51. The lowest BCUT2D eigenvalue weighted by Gasteiger charge is -2.16. The Morgan fingerprint density at radius 2 is 0.825 bits per heavy atom. The van der Waals surface area contributed by atoms with Gasteiger partial charge in [0.05, 0.1) is 33.5 Å². The van der Waals surface area contributed by atoms with Crippen LogP contribution in [0.1, 0.15) is 0 Å². The first-order valence-corrected chi connectivity index (χ1v) is 21.2. The van der Waals surface area contributed by atoms with E-state index in [0.717, 1.165) is 94.6 Å². The van der Waals surface area contributed by atoms with E-state index in [-0.39, 0.29) is 0 Å². The second-order valence-corrected chi connectivity index (χ2v) is 16.1. The maximum atomic E-state index is 6.39. The van der Waals surface area contributed by atoms with Crippen molar-refractivity contribution in [3.63, 3.8) is 0 Å². The zero-order valence-corrected chi connectivity index (χ0v) is 33.9. The Bertz CT molecular complexity index is 3680. The van der Waals surface area contributed by atoms with Gasteiger partial charge < -0.3 is 13.6 Å². The van der Waals surface area contributed by atoms with Crippen molar-refractivity contribution in [2.24, 2.45) is 0 Å². The zero-order chi connectivity index (χ0) is 41.4. The molecule has 6 nitrogen and oxygen atoms in total. The van der Waals surface area contributed by atoms with Gasteiger partial charge in [0, 0.05) is 72.8 Å². The summed E-state index contributed by atoms with van der Waals surface area (Å²) in [4.78, 5) is 15.1. The SMILES string of the molecule is c1cncc(-c2ccc(-c3cc(-c4cc(-n5c6ccccc6c6ccccc65)cc(-n5c6ccccc6c6ccccc65)c4)nc(-c4ccc5c(c4)oc4ccccc45)n3)cc2)c1. The van der Waals surface area contributed by atoms with Gasteiger partial charge in [0.25, 0.3) is 0 Å². The first-order chi connectivity index (χ1) is 31.2. The van der Waals surface area contributed by atoms with Crippen LogP contribution in [0.2, 0.25) is 0 Å². The summed E-state index contributed by atoms with van der Waals surface area (Å²) in [7, 11) is 0. The minimum absolute atomic E-state index is 0.613. The highest BCUT2D eigenvalue weighted by atomic mass is 16.3. The third kappa shape index (κ3) is 5.69. The van der Waals surface area contributed by atoms with Crippen LogP contribution in [0.15, 0.2) is 217 Å². The molecule has 294 valence electrons. The lowest BCUT2D eigenvalue weighted by atomic mass is 10.0. The van der Waals surface area contributed by atoms with Gasteiger partial charge in [-0.25, -0.2) is 9.97 Å². The lowest BCUT2D eigenvalue weighted by molar-refractivity contribution is 0.669. The van der Waals surface area contributed by atoms with E-state index >= 15 is 0 Å². The van der Waals surface area contributed by atoms with Crippen molar-refractivity contribution >= 4 is 65.6 Å². The molecular formula is C57H35N5O. The standard InChI is InChI=1S/C57H35N5O/c1-6-18-51-43(13-1)44-14-2-7-19-52(44)61(51)41-30-40(31-42(33-41)62-53-20-8-3-15-45(53)46-16-4-9-21-54(46)62)50-34-49(37-25-23-36(24-26-37)39-12-11-29-58-35-39)59-57(60-50)38-27-28-48-47-17-5-10-22-55(47)63-56(48)32-38/h1-35H. The van der Waals surface area contributed by atoms with Crippen LogP contribution in [0.3, 0.4) is 0 Å². The molecule has 5 heterocycles. The van der Waals surface area contributed by atoms with Crippen LogP contribution in [0.4, 0.5) is 0 Å². The van der Waals surface area contributed by atoms with E-state index in [9.17, 15) is 0 Å². The van der Waals surface area contributed by atoms with Crippen molar-refractivity contribution in [2.45, 2.75) is 0 Å². The Hall–Kier alpha value is -8.61. The molecule has 0 bridgehead atoms. The smallest absolute Gasteiger partial charge is 0.160 e. The number of fused-ring (bicyclic) bond motifs is 9. The van der Waals surface area contributed by atoms with Crippen LogP contribution < -0.4 is 0 Å². The molecule has 0 amide bonds. The van der Waals surface area contributed by atoms with E-state index in [2.05, 4.69) is 190 Å². The summed E-state index contributed by atoms with van der Waals surface area (Å²) in [6.45, 7) is 0. The Morgan fingerprint density at radius 3 is 1.40 bits per heavy atom. The van der Waals surface area contributed by atoms with Crippen LogP contribution in [0.25, 0.3) is 122 Å². The minimum atomic E-state index is 0.613. The molecule has 0 spiro atoms. The number of hydrogen-bond acceptors (Lipinski definition) is 4. The number of para-hydroxylation sites is 5. The highest BCUT2D eigenvalue weighted by molar-refractivity contribution is 6.11. The molecule has 0 atom stereocenters. The summed E-state index contributed by atoms with van der Waals surface area (Å²) in [6, 6.07) is 70.7. The largest absolute Gasteiger partial charge is 0.456 e. The van der Waals surface area contributed by atoms with E-state index in [1.54, 1.807) is 6.20 Å². The molecule has 0 N–H and O–H groups in total. The monoisotopic (exact) mass is 805 g/mol. The normalized spacial score (nSPS) is 11.8. The molecule has 0 aliphatic rings. The molecule has 63 heavy (non-hydrogen) atoms. The van der Waals surface area contributed by atoms with Crippen LogP contribution in [0.5, 0.6) is 0 Å². The van der Waals surface area contributed by atoms with Crippen LogP contribution in [0, 0.1) is 0 Å². The third-order valence-corrected chi connectivity index (χ3v) is 12.4. The first kappa shape index (κ1) is 35.2. The van der Waals surface area contributed by atoms with E-state index in [1.165, 1.54) is 21.5 Å². The van der Waals surface area contributed by atoms with Gasteiger partial charge in [0.2, 0.25) is 0 Å². The van der Waals surface area contributed by atoms with Gasteiger partial charge in [-0.2, -0.15) is 0 Å². The van der Waals surface area contributed by atoms with Crippen molar-refractivity contribution in [3.05, 3.63) is 213 Å². The Labute approximate surface area is 361 Å². The number of furan rings is 1. The second kappa shape index (κ2) is 14.0. The number of aromatic nitrogens is 5. The molecule has 8 aromatic carbocycles. The minimum Gasteiger partial charge on any atom is -0.456 e. The molecule has 0 aliphatic heterocycles. The zero-order valence-electron chi connectivity index (χ0n) is 33.9. The van der Waals surface area contributed by atoms with Crippen molar-refractivity contribution in [2.75, 3.05) is 0 Å². The summed E-state index contributed by atoms with van der Waals surface area (Å²) >= 11 is 0. The second-order valence-electron chi connectivity index (χ2n) is 16.1. The van der Waals surface area contributed by atoms with Gasteiger partial charge in [0.15, 0.2) is 5.82 Å². The van der Waals surface area contributed by atoms with E-state index in [1.807, 2.05) is 30.5 Å². The molecule has 6 heteroatoms. The predicted molar refractivity (Wildman–Crippen MR) is 258 cm³/mol. The molecule has 0 radical (unpaired) electrons. The van der Waals surface area contributed by atoms with E-state index < -0.39 is 0 Å². The molecule has 0 aliphatic carbocycles. The fourth-order valence-electron chi connectivity index (χ4n) is 9.51. The fraction of sp³-hybridized carbons (Fsp3) is 0. The highest BCUT2D eigenvalue weighted by Crippen LogP contribution is 2.39. The van der Waals surface area contributed by atoms with Crippen LogP contribution >= 0.6 is 0 Å². The molecule has 13 aromatic rings. The molecular weight excluding hydrogens is 771 g/mol. The van der Waals surface area contributed by atoms with Gasteiger partial charge in [-0.3, -0.25) is 4.98 Å². The molecule has 0 fully saturated rings. The van der Waals surface area contributed by atoms with Gasteiger partial charge in [-0.15, -0.1) is 0 Å². The summed E-state index contributed by atoms with van der Waals surface area (Å²) in [5.41, 5.74) is 14.9. The van der Waals surface area contributed by atoms with Gasteiger partial charge in [-0.1, -0.05) is 127 Å². The number of benzene rings is 8. The molecule has 13 rings (SSSR count). The average Bonchev–Trinajstić information content (AvgIpc) is 4.02. The molecule has 5 aromatic heterocycles. The maximum absolute atomic E-state index is 6.39. The topological polar surface area (TPSA) is 61.7 Å². The van der Waals surface area contributed by atoms with Crippen molar-refractivity contribution in [1.82, 2.24) is 24.1 Å². The van der Waals surface area contributed by atoms with Gasteiger partial charge in [-0.05, 0) is 83.9 Å². The summed E-state index contributed by atoms with van der Waals surface area (Å²) < 4.78 is 11.2. The van der Waals surface area contributed by atoms with E-state index in [4.69, 9.17) is 14.4 Å². The first-order valence-electron chi connectivity index (χ1n) is 21.2. The highest BCUT2D eigenvalue weighted by Gasteiger charge is 2.20. The number of hydrogen-bond donors (Lipinski definition) is 0. The Balaban J connectivity index is 1.08. The molecule has 0 saturated carbocycles. The van der Waals surface area contributed by atoms with Gasteiger partial charge in [0.1, 0.15) is 11.2 Å². The van der Waals surface area contributed by atoms with Crippen molar-refractivity contribution < 1.29 is 4.42 Å². The summed E-state index contributed by atoms with van der Waals surface area (Å²) in [5.74, 6) is 0.613. The number of rotatable bonds is 6. The molecule has 0 unspecified atom stereocenters. The van der Waals surface area contributed by atoms with E-state index in [0.29, 0.717) is 5.82 Å². The van der Waals surface area contributed by atoms with Crippen molar-refractivity contribution in [3.8, 4) is 56.4 Å². The number of pyridine rings is 1. The average molecular weight is 806 g/mol. The van der Waals surface area contributed by atoms with Crippen molar-refractivity contribution in [1.29, 1.82) is 0 Å². The third-order valence-electron chi connectivity index (χ3n) is 12.4. The molecule has 0 saturated heterocycles.